The molecule has 0 fully saturated rings. The van der Waals surface area contributed by atoms with E-state index in [1.54, 1.807) is 0 Å². The van der Waals surface area contributed by atoms with Crippen LogP contribution >= 0.6 is 0 Å². The topological polar surface area (TPSA) is 25.8 Å². The largest absolute Gasteiger partial charge is 0.255 e. The molecule has 2 heterocycles. The molecule has 0 saturated heterocycles. The van der Waals surface area contributed by atoms with Gasteiger partial charge in [0.25, 0.3) is 0 Å². The van der Waals surface area contributed by atoms with Crippen LogP contribution in [0.2, 0.25) is 0 Å². The highest BCUT2D eigenvalue weighted by atomic mass is 28.2. The van der Waals surface area contributed by atoms with E-state index in [9.17, 15) is 0 Å². The van der Waals surface area contributed by atoms with Crippen LogP contribution < -0.4 is 10.4 Å². The van der Waals surface area contributed by atoms with Crippen LogP contribution in [-0.4, -0.2) is 29.0 Å². The van der Waals surface area contributed by atoms with Crippen molar-refractivity contribution in [3.63, 3.8) is 0 Å². The fourth-order valence-electron chi connectivity index (χ4n) is 2.04. The van der Waals surface area contributed by atoms with E-state index in [4.69, 9.17) is 0 Å². The average Bonchev–Trinajstić information content (AvgIpc) is 2.52. The zero-order valence-electron chi connectivity index (χ0n) is 13.9. The number of allylic oxidation sites excluding steroid dienone is 2. The van der Waals surface area contributed by atoms with Gasteiger partial charge in [0.05, 0.1) is 30.4 Å². The Labute approximate surface area is 138 Å². The van der Waals surface area contributed by atoms with E-state index in [1.165, 1.54) is 21.5 Å². The number of hydrogen-bond acceptors (Lipinski definition) is 2. The first-order valence-corrected chi connectivity index (χ1v) is 10.8. The molecule has 0 aliphatic rings. The molecule has 22 heavy (non-hydrogen) atoms. The number of hydrogen-bond donors (Lipinski definition) is 0. The fraction of sp³-hybridized carbons (Fsp3) is 0.222. The van der Waals surface area contributed by atoms with Gasteiger partial charge in [0, 0.05) is 12.4 Å². The minimum absolute atomic E-state index is 0.322. The molecule has 0 amide bonds. The van der Waals surface area contributed by atoms with Crippen molar-refractivity contribution in [3.8, 4) is 11.4 Å². The van der Waals surface area contributed by atoms with Crippen molar-refractivity contribution < 1.29 is 0 Å². The summed E-state index contributed by atoms with van der Waals surface area (Å²) in [5.74, 6) is 0. The first kappa shape index (κ1) is 16.6. The van der Waals surface area contributed by atoms with Gasteiger partial charge in [0.15, 0.2) is 0 Å². The van der Waals surface area contributed by atoms with Gasteiger partial charge < -0.3 is 0 Å². The van der Waals surface area contributed by atoms with E-state index >= 15 is 0 Å². The van der Waals surface area contributed by atoms with Crippen LogP contribution in [0.3, 0.4) is 0 Å². The van der Waals surface area contributed by atoms with Gasteiger partial charge >= 0.3 is 0 Å². The summed E-state index contributed by atoms with van der Waals surface area (Å²) in [6.07, 6.45) is 4.02. The van der Waals surface area contributed by atoms with Gasteiger partial charge in [-0.3, -0.25) is 9.97 Å². The second kappa shape index (κ2) is 8.01. The Balaban J connectivity index is 2.08. The molecular weight excluding hydrogens is 300 g/mol. The Hall–Kier alpha value is -1.79. The van der Waals surface area contributed by atoms with Gasteiger partial charge in [-0.15, -0.1) is 0 Å². The molecule has 0 aromatic carbocycles. The molecule has 0 atom stereocenters. The molecule has 2 nitrogen and oxygen atoms in total. The third-order valence-electron chi connectivity index (χ3n) is 3.40. The summed E-state index contributed by atoms with van der Waals surface area (Å²) in [6, 6.07) is 8.58. The average molecular weight is 325 g/mol. The number of aromatic nitrogens is 2. The van der Waals surface area contributed by atoms with Crippen molar-refractivity contribution >= 4 is 29.4 Å². The smallest absolute Gasteiger partial charge is 0.0885 e. The Kier molecular flexibility index (Phi) is 6.04. The van der Waals surface area contributed by atoms with Crippen LogP contribution in [0, 0.1) is 0 Å². The molecule has 0 aliphatic carbocycles. The number of nitrogens with zero attached hydrogens (tertiary/aromatic N) is 2. The van der Waals surface area contributed by atoms with Gasteiger partial charge in [-0.2, -0.15) is 0 Å². The molecule has 2 aromatic heterocycles. The van der Waals surface area contributed by atoms with Crippen LogP contribution in [0.15, 0.2) is 59.2 Å². The normalized spacial score (nSPS) is 11.3. The van der Waals surface area contributed by atoms with Gasteiger partial charge in [0.2, 0.25) is 0 Å². The predicted octanol–water partition coefficient (Wildman–Crippen LogP) is 1.58. The SMILES string of the molecule is CC(C)=C[SiH2]c1ccc(-c2ccc([SiH2]C=C(C)C)cn2)nc1. The van der Waals surface area contributed by atoms with Crippen molar-refractivity contribution in [2.45, 2.75) is 27.7 Å². The Morgan fingerprint density at radius 2 is 1.14 bits per heavy atom. The van der Waals surface area contributed by atoms with Crippen molar-refractivity contribution in [1.82, 2.24) is 9.97 Å². The Morgan fingerprint density at radius 3 is 1.41 bits per heavy atom. The highest BCUT2D eigenvalue weighted by Crippen LogP contribution is 2.10. The van der Waals surface area contributed by atoms with Crippen molar-refractivity contribution in [1.29, 1.82) is 0 Å². The molecule has 0 aliphatic heterocycles. The summed E-state index contributed by atoms with van der Waals surface area (Å²) in [6.45, 7) is 8.61. The zero-order chi connectivity index (χ0) is 15.9. The van der Waals surface area contributed by atoms with Gasteiger partial charge in [-0.1, -0.05) is 34.7 Å². The minimum Gasteiger partial charge on any atom is -0.255 e. The summed E-state index contributed by atoms with van der Waals surface area (Å²) in [5, 5.41) is 2.75. The summed E-state index contributed by atoms with van der Waals surface area (Å²) in [5.41, 5.74) is 9.44. The van der Waals surface area contributed by atoms with E-state index in [0.717, 1.165) is 11.4 Å². The first-order chi connectivity index (χ1) is 10.5. The Bertz CT molecular complexity index is 602. The molecule has 0 radical (unpaired) electrons. The van der Waals surface area contributed by atoms with Crippen LogP contribution in [0.25, 0.3) is 11.4 Å². The summed E-state index contributed by atoms with van der Waals surface area (Å²) in [4.78, 5) is 9.15. The summed E-state index contributed by atoms with van der Waals surface area (Å²) < 4.78 is 0. The lowest BCUT2D eigenvalue weighted by Gasteiger charge is -2.03. The highest BCUT2D eigenvalue weighted by Gasteiger charge is 2.01. The summed E-state index contributed by atoms with van der Waals surface area (Å²) in [7, 11) is -0.644. The van der Waals surface area contributed by atoms with E-state index in [1.807, 2.05) is 12.4 Å². The molecule has 0 bridgehead atoms. The maximum Gasteiger partial charge on any atom is 0.0885 e. The second-order valence-electron chi connectivity index (χ2n) is 6.07. The number of rotatable bonds is 5. The lowest BCUT2D eigenvalue weighted by Crippen LogP contribution is -2.14. The fourth-order valence-corrected chi connectivity index (χ4v) is 4.23. The van der Waals surface area contributed by atoms with Crippen LogP contribution in [0.4, 0.5) is 0 Å². The molecule has 4 heteroatoms. The van der Waals surface area contributed by atoms with Gasteiger partial charge in [-0.25, -0.2) is 0 Å². The molecule has 2 aromatic rings. The molecule has 2 rings (SSSR count). The third kappa shape index (κ3) is 5.20. The van der Waals surface area contributed by atoms with Crippen molar-refractivity contribution in [2.24, 2.45) is 0 Å². The maximum absolute atomic E-state index is 4.57. The molecule has 0 N–H and O–H groups in total. The van der Waals surface area contributed by atoms with Crippen LogP contribution in [0.1, 0.15) is 27.7 Å². The molecule has 0 spiro atoms. The van der Waals surface area contributed by atoms with Gasteiger partial charge in [-0.05, 0) is 50.2 Å². The third-order valence-corrected chi connectivity index (χ3v) is 7.22. The first-order valence-electron chi connectivity index (χ1n) is 7.71. The monoisotopic (exact) mass is 324 g/mol. The lowest BCUT2D eigenvalue weighted by atomic mass is 10.2. The molecule has 0 saturated carbocycles. The Morgan fingerprint density at radius 1 is 0.727 bits per heavy atom. The standard InChI is InChI=1S/C18H24N2Si2/c1-13(2)11-21-15-5-7-17(19-9-15)18-8-6-16(10-20-18)22-12-14(3)4/h5-12H,21-22H2,1-4H3. The van der Waals surface area contributed by atoms with Crippen LogP contribution in [0.5, 0.6) is 0 Å². The zero-order valence-corrected chi connectivity index (χ0v) is 16.8. The minimum atomic E-state index is -0.322. The van der Waals surface area contributed by atoms with Crippen molar-refractivity contribution in [3.05, 3.63) is 59.2 Å². The number of pyridine rings is 2. The van der Waals surface area contributed by atoms with Gasteiger partial charge in [0.1, 0.15) is 0 Å². The molecule has 114 valence electrons. The molecular formula is C18H24N2Si2. The van der Waals surface area contributed by atoms with E-state index in [-0.39, 0.29) is 19.0 Å². The predicted molar refractivity (Wildman–Crippen MR) is 103 cm³/mol. The highest BCUT2D eigenvalue weighted by molar-refractivity contribution is 6.59. The van der Waals surface area contributed by atoms with Crippen LogP contribution in [-0.2, 0) is 0 Å². The van der Waals surface area contributed by atoms with E-state index < -0.39 is 0 Å². The molecule has 0 unspecified atom stereocenters. The lowest BCUT2D eigenvalue weighted by molar-refractivity contribution is 1.26. The summed E-state index contributed by atoms with van der Waals surface area (Å²) >= 11 is 0. The quantitative estimate of drug-likeness (QED) is 0.781. The second-order valence-corrected chi connectivity index (χ2v) is 9.34. The maximum atomic E-state index is 4.57. The van der Waals surface area contributed by atoms with E-state index in [0.29, 0.717) is 0 Å². The van der Waals surface area contributed by atoms with E-state index in [2.05, 4.69) is 73.3 Å². The van der Waals surface area contributed by atoms with Crippen molar-refractivity contribution in [2.75, 3.05) is 0 Å².